The number of hydrogen-bond acceptors (Lipinski definition) is 3. The lowest BCUT2D eigenvalue weighted by Gasteiger charge is -2.17. The van der Waals surface area contributed by atoms with Crippen molar-refractivity contribution in [3.63, 3.8) is 0 Å². The molecule has 1 aromatic carbocycles. The summed E-state index contributed by atoms with van der Waals surface area (Å²) in [7, 11) is 0. The van der Waals surface area contributed by atoms with Crippen LogP contribution in [0.25, 0.3) is 0 Å². The fraction of sp³-hybridized carbons (Fsp3) is 0.438. The predicted molar refractivity (Wildman–Crippen MR) is 90.0 cm³/mol. The van der Waals surface area contributed by atoms with Gasteiger partial charge in [0.25, 0.3) is 0 Å². The minimum absolute atomic E-state index is 0.0388. The maximum absolute atomic E-state index is 11.9. The number of primary amides is 1. The van der Waals surface area contributed by atoms with E-state index in [1.807, 2.05) is 20.8 Å². The van der Waals surface area contributed by atoms with Crippen LogP contribution in [-0.2, 0) is 9.59 Å². The van der Waals surface area contributed by atoms with Crippen molar-refractivity contribution in [1.29, 1.82) is 0 Å². The number of nitrogens with one attached hydrogen (secondary N) is 3. The lowest BCUT2D eigenvalue weighted by molar-refractivity contribution is -0.128. The molecule has 0 aliphatic heterocycles. The molecule has 0 saturated carbocycles. The number of rotatable bonds is 6. The summed E-state index contributed by atoms with van der Waals surface area (Å²) in [6.45, 7) is 5.96. The Morgan fingerprint density at radius 1 is 1.09 bits per heavy atom. The fourth-order valence-corrected chi connectivity index (χ4v) is 1.76. The Bertz CT molecular complexity index is 579. The Labute approximate surface area is 136 Å². The third kappa shape index (κ3) is 7.30. The fourth-order valence-electron chi connectivity index (χ4n) is 1.76. The topological polar surface area (TPSA) is 113 Å². The number of hydrogen-bond donors (Lipinski definition) is 4. The van der Waals surface area contributed by atoms with Crippen LogP contribution in [0.3, 0.4) is 0 Å². The van der Waals surface area contributed by atoms with E-state index in [0.29, 0.717) is 24.3 Å². The largest absolute Gasteiger partial charge is 0.356 e. The molecule has 0 aliphatic rings. The molecule has 126 valence electrons. The van der Waals surface area contributed by atoms with E-state index in [-0.39, 0.29) is 18.2 Å². The summed E-state index contributed by atoms with van der Waals surface area (Å²) in [6, 6.07) is 6.03. The van der Waals surface area contributed by atoms with E-state index in [2.05, 4.69) is 16.0 Å². The minimum Gasteiger partial charge on any atom is -0.356 e. The molecule has 1 rings (SSSR count). The van der Waals surface area contributed by atoms with E-state index in [4.69, 9.17) is 5.73 Å². The molecule has 5 N–H and O–H groups in total. The molecule has 7 heteroatoms. The second-order valence-electron chi connectivity index (χ2n) is 6.23. The van der Waals surface area contributed by atoms with Crippen LogP contribution in [-0.4, -0.2) is 24.4 Å². The Kier molecular flexibility index (Phi) is 6.56. The van der Waals surface area contributed by atoms with E-state index < -0.39 is 11.4 Å². The maximum atomic E-state index is 11.9. The molecule has 0 radical (unpaired) electrons. The monoisotopic (exact) mass is 320 g/mol. The van der Waals surface area contributed by atoms with Crippen LogP contribution in [0.1, 0.15) is 33.6 Å². The molecule has 4 amide bonds. The van der Waals surface area contributed by atoms with Crippen LogP contribution in [0.15, 0.2) is 24.3 Å². The smallest absolute Gasteiger partial charge is 0.316 e. The first kappa shape index (κ1) is 18.5. The molecule has 7 nitrogen and oxygen atoms in total. The van der Waals surface area contributed by atoms with E-state index in [9.17, 15) is 14.4 Å². The first-order chi connectivity index (χ1) is 10.7. The van der Waals surface area contributed by atoms with Crippen molar-refractivity contribution in [2.24, 2.45) is 11.1 Å². The predicted octanol–water partition coefficient (Wildman–Crippen LogP) is 2.06. The summed E-state index contributed by atoms with van der Waals surface area (Å²) in [4.78, 5) is 34.3. The molecule has 0 saturated heterocycles. The molecule has 0 spiro atoms. The summed E-state index contributed by atoms with van der Waals surface area (Å²) in [5.41, 5.74) is 5.68. The average Bonchev–Trinajstić information content (AvgIpc) is 2.42. The highest BCUT2D eigenvalue weighted by atomic mass is 16.2. The molecule has 0 aromatic heterocycles. The third-order valence-electron chi connectivity index (χ3n) is 2.96. The molecule has 23 heavy (non-hydrogen) atoms. The van der Waals surface area contributed by atoms with Crippen molar-refractivity contribution < 1.29 is 14.4 Å². The molecule has 0 aliphatic carbocycles. The standard InChI is InChI=1S/C16H24N4O3/c1-16(2,3)14(22)18-9-5-8-13(21)19-11-6-4-7-12(10-11)20-15(17)23/h4,6-7,10H,5,8-9H2,1-3H3,(H,18,22)(H,19,21)(H3,17,20,23). The lowest BCUT2D eigenvalue weighted by atomic mass is 9.96. The van der Waals surface area contributed by atoms with E-state index in [1.54, 1.807) is 24.3 Å². The average molecular weight is 320 g/mol. The number of carbonyl (C=O) groups is 3. The Balaban J connectivity index is 2.37. The zero-order chi connectivity index (χ0) is 17.5. The van der Waals surface area contributed by atoms with Crippen molar-refractivity contribution in [2.45, 2.75) is 33.6 Å². The molecular formula is C16H24N4O3. The molecule has 0 unspecified atom stereocenters. The quantitative estimate of drug-likeness (QED) is 0.601. The van der Waals surface area contributed by atoms with Gasteiger partial charge in [0.1, 0.15) is 0 Å². The Hall–Kier alpha value is -2.57. The zero-order valence-corrected chi connectivity index (χ0v) is 13.7. The second kappa shape index (κ2) is 8.17. The number of nitrogens with two attached hydrogens (primary N) is 1. The summed E-state index contributed by atoms with van der Waals surface area (Å²) < 4.78 is 0. The normalized spacial score (nSPS) is 10.7. The molecule has 0 heterocycles. The number of benzene rings is 1. The highest BCUT2D eigenvalue weighted by molar-refractivity contribution is 5.93. The van der Waals surface area contributed by atoms with Gasteiger partial charge in [0.05, 0.1) is 0 Å². The Morgan fingerprint density at radius 2 is 1.70 bits per heavy atom. The van der Waals surface area contributed by atoms with Gasteiger partial charge in [-0.2, -0.15) is 0 Å². The van der Waals surface area contributed by atoms with Crippen molar-refractivity contribution in [3.8, 4) is 0 Å². The van der Waals surface area contributed by atoms with Crippen LogP contribution in [0.4, 0.5) is 16.2 Å². The molecule has 0 fully saturated rings. The van der Waals surface area contributed by atoms with Crippen molar-refractivity contribution in [3.05, 3.63) is 24.3 Å². The maximum Gasteiger partial charge on any atom is 0.316 e. The molecule has 0 bridgehead atoms. The molecule has 0 atom stereocenters. The van der Waals surface area contributed by atoms with Gasteiger partial charge < -0.3 is 21.7 Å². The van der Waals surface area contributed by atoms with E-state index in [1.165, 1.54) is 0 Å². The van der Waals surface area contributed by atoms with Gasteiger partial charge in [-0.15, -0.1) is 0 Å². The number of carbonyl (C=O) groups excluding carboxylic acids is 3. The van der Waals surface area contributed by atoms with Crippen molar-refractivity contribution in [2.75, 3.05) is 17.2 Å². The zero-order valence-electron chi connectivity index (χ0n) is 13.7. The third-order valence-corrected chi connectivity index (χ3v) is 2.96. The van der Waals surface area contributed by atoms with Crippen LogP contribution in [0.2, 0.25) is 0 Å². The van der Waals surface area contributed by atoms with Crippen molar-refractivity contribution >= 4 is 29.2 Å². The van der Waals surface area contributed by atoms with Gasteiger partial charge in [0, 0.05) is 29.8 Å². The van der Waals surface area contributed by atoms with Gasteiger partial charge in [-0.25, -0.2) is 4.79 Å². The van der Waals surface area contributed by atoms with E-state index in [0.717, 1.165) is 0 Å². The second-order valence-corrected chi connectivity index (χ2v) is 6.23. The summed E-state index contributed by atoms with van der Waals surface area (Å²) in [5, 5.41) is 7.96. The van der Waals surface area contributed by atoms with Gasteiger partial charge in [0.2, 0.25) is 11.8 Å². The first-order valence-electron chi connectivity index (χ1n) is 7.43. The Morgan fingerprint density at radius 3 is 2.26 bits per heavy atom. The van der Waals surface area contributed by atoms with Gasteiger partial charge in [-0.05, 0) is 24.6 Å². The molecule has 1 aromatic rings. The van der Waals surface area contributed by atoms with Gasteiger partial charge >= 0.3 is 6.03 Å². The van der Waals surface area contributed by atoms with Gasteiger partial charge in [0.15, 0.2) is 0 Å². The van der Waals surface area contributed by atoms with Crippen LogP contribution in [0.5, 0.6) is 0 Å². The number of urea groups is 1. The molecular weight excluding hydrogens is 296 g/mol. The van der Waals surface area contributed by atoms with E-state index >= 15 is 0 Å². The summed E-state index contributed by atoms with van der Waals surface area (Å²) in [6.07, 6.45) is 0.838. The van der Waals surface area contributed by atoms with Crippen LogP contribution < -0.4 is 21.7 Å². The van der Waals surface area contributed by atoms with Gasteiger partial charge in [-0.1, -0.05) is 26.8 Å². The number of amides is 4. The minimum atomic E-state index is -0.664. The van der Waals surface area contributed by atoms with Gasteiger partial charge in [-0.3, -0.25) is 9.59 Å². The highest BCUT2D eigenvalue weighted by Gasteiger charge is 2.20. The summed E-state index contributed by atoms with van der Waals surface area (Å²) >= 11 is 0. The summed E-state index contributed by atoms with van der Waals surface area (Å²) in [5.74, 6) is -0.200. The highest BCUT2D eigenvalue weighted by Crippen LogP contribution is 2.15. The SMILES string of the molecule is CC(C)(C)C(=O)NCCCC(=O)Nc1cccc(NC(N)=O)c1. The van der Waals surface area contributed by atoms with Crippen molar-refractivity contribution in [1.82, 2.24) is 5.32 Å². The van der Waals surface area contributed by atoms with Crippen LogP contribution in [0, 0.1) is 5.41 Å². The lowest BCUT2D eigenvalue weighted by Crippen LogP contribution is -2.35. The van der Waals surface area contributed by atoms with Crippen LogP contribution >= 0.6 is 0 Å². The first-order valence-corrected chi connectivity index (χ1v) is 7.43. The number of anilines is 2.